The van der Waals surface area contributed by atoms with Crippen molar-refractivity contribution in [3.8, 4) is 0 Å². The van der Waals surface area contributed by atoms with Crippen molar-refractivity contribution in [3.05, 3.63) is 24.0 Å². The highest BCUT2D eigenvalue weighted by molar-refractivity contribution is 5.14. The standard InChI is InChI=1S/C12H22N2O/c1-2-5-12(13)11-6-8-14(10-11)7-3-4-9-15/h6,8,10,12,15H,2-5,7,9,13H2,1H3. The molecular formula is C12H22N2O. The average Bonchev–Trinajstić information content (AvgIpc) is 2.67. The van der Waals surface area contributed by atoms with Crippen molar-refractivity contribution < 1.29 is 5.11 Å². The van der Waals surface area contributed by atoms with E-state index in [9.17, 15) is 0 Å². The van der Waals surface area contributed by atoms with Gasteiger partial charge in [-0.15, -0.1) is 0 Å². The number of aliphatic hydroxyl groups excluding tert-OH is 1. The number of aryl methyl sites for hydroxylation is 1. The van der Waals surface area contributed by atoms with Crippen LogP contribution in [0.2, 0.25) is 0 Å². The number of hydrogen-bond acceptors (Lipinski definition) is 2. The molecule has 1 rings (SSSR count). The minimum Gasteiger partial charge on any atom is -0.396 e. The van der Waals surface area contributed by atoms with Crippen molar-refractivity contribution in [2.75, 3.05) is 6.61 Å². The number of unbranched alkanes of at least 4 members (excludes halogenated alkanes) is 1. The van der Waals surface area contributed by atoms with Crippen molar-refractivity contribution in [1.82, 2.24) is 4.57 Å². The van der Waals surface area contributed by atoms with E-state index in [1.807, 2.05) is 0 Å². The molecule has 0 saturated carbocycles. The molecule has 0 saturated heterocycles. The van der Waals surface area contributed by atoms with E-state index in [0.717, 1.165) is 32.2 Å². The Balaban J connectivity index is 2.41. The van der Waals surface area contributed by atoms with Crippen LogP contribution in [0.15, 0.2) is 18.5 Å². The Hall–Kier alpha value is -0.800. The van der Waals surface area contributed by atoms with Gasteiger partial charge in [0.1, 0.15) is 0 Å². The van der Waals surface area contributed by atoms with E-state index in [1.165, 1.54) is 5.56 Å². The molecule has 1 heterocycles. The quantitative estimate of drug-likeness (QED) is 0.677. The zero-order valence-corrected chi connectivity index (χ0v) is 9.52. The van der Waals surface area contributed by atoms with Gasteiger partial charge in [0.25, 0.3) is 0 Å². The average molecular weight is 210 g/mol. The van der Waals surface area contributed by atoms with E-state index in [4.69, 9.17) is 10.8 Å². The van der Waals surface area contributed by atoms with Crippen LogP contribution in [0.3, 0.4) is 0 Å². The number of aliphatic hydroxyl groups is 1. The summed E-state index contributed by atoms with van der Waals surface area (Å²) < 4.78 is 2.15. The Labute approximate surface area is 91.9 Å². The molecule has 1 aromatic heterocycles. The highest BCUT2D eigenvalue weighted by atomic mass is 16.2. The van der Waals surface area contributed by atoms with Gasteiger partial charge in [-0.05, 0) is 30.9 Å². The van der Waals surface area contributed by atoms with Crippen LogP contribution >= 0.6 is 0 Å². The predicted molar refractivity (Wildman–Crippen MR) is 62.6 cm³/mol. The van der Waals surface area contributed by atoms with Gasteiger partial charge in [0.15, 0.2) is 0 Å². The fourth-order valence-electron chi connectivity index (χ4n) is 1.70. The first kappa shape index (κ1) is 12.3. The van der Waals surface area contributed by atoms with Crippen LogP contribution in [-0.2, 0) is 6.54 Å². The second kappa shape index (κ2) is 6.64. The fraction of sp³-hybridized carbons (Fsp3) is 0.667. The molecule has 0 aliphatic heterocycles. The monoisotopic (exact) mass is 210 g/mol. The molecule has 3 heteroatoms. The topological polar surface area (TPSA) is 51.2 Å². The Kier molecular flexibility index (Phi) is 5.43. The minimum absolute atomic E-state index is 0.175. The summed E-state index contributed by atoms with van der Waals surface area (Å²) in [6.07, 6.45) is 8.25. The second-order valence-corrected chi connectivity index (χ2v) is 4.01. The van der Waals surface area contributed by atoms with Crippen molar-refractivity contribution in [3.63, 3.8) is 0 Å². The lowest BCUT2D eigenvalue weighted by Crippen LogP contribution is -2.08. The van der Waals surface area contributed by atoms with Crippen LogP contribution < -0.4 is 5.73 Å². The maximum Gasteiger partial charge on any atom is 0.0431 e. The van der Waals surface area contributed by atoms with E-state index >= 15 is 0 Å². The van der Waals surface area contributed by atoms with Gasteiger partial charge in [-0.25, -0.2) is 0 Å². The van der Waals surface area contributed by atoms with Crippen LogP contribution in [0.4, 0.5) is 0 Å². The van der Waals surface area contributed by atoms with Crippen LogP contribution in [0, 0.1) is 0 Å². The van der Waals surface area contributed by atoms with Gasteiger partial charge in [0.05, 0.1) is 0 Å². The summed E-state index contributed by atoms with van der Waals surface area (Å²) in [6, 6.07) is 2.27. The molecular weight excluding hydrogens is 188 g/mol. The predicted octanol–water partition coefficient (Wildman–Crippen LogP) is 2.06. The van der Waals surface area contributed by atoms with Gasteiger partial charge in [-0.3, -0.25) is 0 Å². The van der Waals surface area contributed by atoms with E-state index < -0.39 is 0 Å². The SMILES string of the molecule is CCCC(N)c1ccn(CCCCO)c1. The Bertz CT molecular complexity index is 270. The zero-order chi connectivity index (χ0) is 11.1. The molecule has 0 radical (unpaired) electrons. The molecule has 3 nitrogen and oxygen atoms in total. The summed E-state index contributed by atoms with van der Waals surface area (Å²) >= 11 is 0. The molecule has 0 aliphatic carbocycles. The van der Waals surface area contributed by atoms with Gasteiger partial charge >= 0.3 is 0 Å². The Morgan fingerprint density at radius 3 is 2.93 bits per heavy atom. The Morgan fingerprint density at radius 1 is 1.47 bits per heavy atom. The largest absolute Gasteiger partial charge is 0.396 e. The minimum atomic E-state index is 0.175. The van der Waals surface area contributed by atoms with Crippen molar-refractivity contribution in [1.29, 1.82) is 0 Å². The number of hydrogen-bond donors (Lipinski definition) is 2. The molecule has 0 spiro atoms. The highest BCUT2D eigenvalue weighted by Gasteiger charge is 2.05. The third-order valence-electron chi connectivity index (χ3n) is 2.63. The first-order valence-corrected chi connectivity index (χ1v) is 5.80. The highest BCUT2D eigenvalue weighted by Crippen LogP contribution is 2.16. The Morgan fingerprint density at radius 2 is 2.27 bits per heavy atom. The van der Waals surface area contributed by atoms with Crippen LogP contribution in [-0.4, -0.2) is 16.3 Å². The van der Waals surface area contributed by atoms with Crippen LogP contribution in [0.25, 0.3) is 0 Å². The summed E-state index contributed by atoms with van der Waals surface area (Å²) in [5.74, 6) is 0. The molecule has 0 aromatic carbocycles. The maximum absolute atomic E-state index is 8.68. The molecule has 1 unspecified atom stereocenters. The lowest BCUT2D eigenvalue weighted by atomic mass is 10.1. The van der Waals surface area contributed by atoms with E-state index in [2.05, 4.69) is 30.0 Å². The summed E-state index contributed by atoms with van der Waals surface area (Å²) in [5.41, 5.74) is 7.24. The lowest BCUT2D eigenvalue weighted by molar-refractivity contribution is 0.281. The molecule has 86 valence electrons. The molecule has 0 aliphatic rings. The molecule has 1 aromatic rings. The zero-order valence-electron chi connectivity index (χ0n) is 9.52. The molecule has 3 N–H and O–H groups in total. The van der Waals surface area contributed by atoms with Crippen molar-refractivity contribution in [2.45, 2.75) is 45.2 Å². The number of nitrogens with two attached hydrogens (primary N) is 1. The number of rotatable bonds is 7. The lowest BCUT2D eigenvalue weighted by Gasteiger charge is -2.07. The summed E-state index contributed by atoms with van der Waals surface area (Å²) in [5, 5.41) is 8.68. The summed E-state index contributed by atoms with van der Waals surface area (Å²) in [7, 11) is 0. The normalized spacial score (nSPS) is 13.0. The fourth-order valence-corrected chi connectivity index (χ4v) is 1.70. The van der Waals surface area contributed by atoms with Crippen LogP contribution in [0.5, 0.6) is 0 Å². The molecule has 1 atom stereocenters. The van der Waals surface area contributed by atoms with Gasteiger partial charge < -0.3 is 15.4 Å². The van der Waals surface area contributed by atoms with Gasteiger partial charge in [0, 0.05) is 31.6 Å². The van der Waals surface area contributed by atoms with E-state index in [0.29, 0.717) is 0 Å². The number of nitrogens with zero attached hydrogens (tertiary/aromatic N) is 1. The first-order valence-electron chi connectivity index (χ1n) is 5.80. The summed E-state index contributed by atoms with van der Waals surface area (Å²) in [6.45, 7) is 3.40. The van der Waals surface area contributed by atoms with Crippen LogP contribution in [0.1, 0.15) is 44.2 Å². The summed E-state index contributed by atoms with van der Waals surface area (Å²) in [4.78, 5) is 0. The van der Waals surface area contributed by atoms with Gasteiger partial charge in [-0.1, -0.05) is 13.3 Å². The van der Waals surface area contributed by atoms with Gasteiger partial charge in [0.2, 0.25) is 0 Å². The molecule has 0 fully saturated rings. The van der Waals surface area contributed by atoms with Crippen molar-refractivity contribution in [2.24, 2.45) is 5.73 Å². The smallest absolute Gasteiger partial charge is 0.0431 e. The third-order valence-corrected chi connectivity index (χ3v) is 2.63. The van der Waals surface area contributed by atoms with E-state index in [-0.39, 0.29) is 12.6 Å². The maximum atomic E-state index is 8.68. The van der Waals surface area contributed by atoms with Crippen molar-refractivity contribution >= 4 is 0 Å². The first-order chi connectivity index (χ1) is 7.27. The molecule has 15 heavy (non-hydrogen) atoms. The third kappa shape index (κ3) is 4.06. The van der Waals surface area contributed by atoms with Gasteiger partial charge in [-0.2, -0.15) is 0 Å². The number of aromatic nitrogens is 1. The molecule has 0 bridgehead atoms. The van der Waals surface area contributed by atoms with E-state index in [1.54, 1.807) is 0 Å². The second-order valence-electron chi connectivity index (χ2n) is 4.01. The molecule has 0 amide bonds.